The Morgan fingerprint density at radius 1 is 1.30 bits per heavy atom. The van der Waals surface area contributed by atoms with E-state index in [2.05, 4.69) is 37.0 Å². The van der Waals surface area contributed by atoms with Gasteiger partial charge in [0.1, 0.15) is 6.54 Å². The van der Waals surface area contributed by atoms with Crippen LogP contribution in [0.5, 0.6) is 0 Å². The van der Waals surface area contributed by atoms with Crippen molar-refractivity contribution in [1.29, 1.82) is 0 Å². The van der Waals surface area contributed by atoms with Gasteiger partial charge in [0.05, 0.1) is 18.2 Å². The van der Waals surface area contributed by atoms with Crippen LogP contribution in [0.25, 0.3) is 0 Å². The zero-order valence-corrected chi connectivity index (χ0v) is 11.9. The minimum absolute atomic E-state index is 0.0831. The number of nitrogens with zero attached hydrogens (tertiary/aromatic N) is 2. The number of aromatic nitrogens is 1. The Morgan fingerprint density at radius 2 is 2.05 bits per heavy atom. The first kappa shape index (κ1) is 14.0. The predicted molar refractivity (Wildman–Crippen MR) is 77.7 cm³/mol. The molecular formula is C15H18N3O2+. The monoisotopic (exact) mass is 272 g/mol. The van der Waals surface area contributed by atoms with Gasteiger partial charge >= 0.3 is 11.5 Å². The van der Waals surface area contributed by atoms with E-state index in [0.29, 0.717) is 12.4 Å². The molecular weight excluding hydrogens is 254 g/mol. The highest BCUT2D eigenvalue weighted by Crippen LogP contribution is 2.23. The summed E-state index contributed by atoms with van der Waals surface area (Å²) < 4.78 is 0. The Labute approximate surface area is 118 Å². The van der Waals surface area contributed by atoms with E-state index in [-0.39, 0.29) is 10.6 Å². The molecule has 0 atom stereocenters. The van der Waals surface area contributed by atoms with E-state index >= 15 is 0 Å². The largest absolute Gasteiger partial charge is 0.357 e. The maximum Gasteiger partial charge on any atom is 0.357 e. The molecule has 0 amide bonds. The highest BCUT2D eigenvalue weighted by atomic mass is 16.6. The fourth-order valence-electron chi connectivity index (χ4n) is 2.23. The van der Waals surface area contributed by atoms with Crippen molar-refractivity contribution < 1.29 is 9.91 Å². The maximum absolute atomic E-state index is 11.0. The summed E-state index contributed by atoms with van der Waals surface area (Å²) in [4.78, 5) is 15.5. The highest BCUT2D eigenvalue weighted by molar-refractivity contribution is 5.53. The molecule has 1 aromatic heterocycles. The molecule has 0 radical (unpaired) electrons. The molecule has 104 valence electrons. The lowest BCUT2D eigenvalue weighted by molar-refractivity contribution is -0.411. The van der Waals surface area contributed by atoms with Crippen LogP contribution in [-0.2, 0) is 6.54 Å². The maximum atomic E-state index is 11.0. The van der Waals surface area contributed by atoms with Crippen LogP contribution >= 0.6 is 0 Å². The van der Waals surface area contributed by atoms with E-state index in [1.807, 2.05) is 11.9 Å². The van der Waals surface area contributed by atoms with Crippen LogP contribution in [0.4, 0.5) is 11.5 Å². The van der Waals surface area contributed by atoms with Gasteiger partial charge in [0, 0.05) is 6.07 Å². The third-order valence-corrected chi connectivity index (χ3v) is 3.30. The molecule has 0 aliphatic rings. The van der Waals surface area contributed by atoms with Crippen LogP contribution in [0, 0.1) is 24.0 Å². The molecule has 1 aromatic carbocycles. The Balaban J connectivity index is 2.28. The number of hydrogen-bond donors (Lipinski definition) is 0. The number of rotatable bonds is 4. The van der Waals surface area contributed by atoms with Crippen LogP contribution in [0.15, 0.2) is 36.5 Å². The first-order valence-electron chi connectivity index (χ1n) is 6.41. The lowest BCUT2D eigenvalue weighted by Crippen LogP contribution is -2.25. The lowest BCUT2D eigenvalue weighted by atomic mass is 10.1. The van der Waals surface area contributed by atoms with Crippen molar-refractivity contribution in [2.24, 2.45) is 0 Å². The zero-order valence-electron chi connectivity index (χ0n) is 11.9. The normalized spacial score (nSPS) is 10.3. The van der Waals surface area contributed by atoms with Crippen LogP contribution in [0.2, 0.25) is 0 Å². The molecule has 0 aliphatic heterocycles. The molecule has 20 heavy (non-hydrogen) atoms. The van der Waals surface area contributed by atoms with Crippen LogP contribution in [-0.4, -0.2) is 12.0 Å². The second kappa shape index (κ2) is 5.69. The molecule has 0 fully saturated rings. The third-order valence-electron chi connectivity index (χ3n) is 3.30. The van der Waals surface area contributed by atoms with Gasteiger partial charge < -0.3 is 0 Å². The summed E-state index contributed by atoms with van der Waals surface area (Å²) >= 11 is 0. The standard InChI is InChI=1S/C15H17N3O2/c1-11-6-7-13(12(2)9-11)10-17(3)15-14(18(19)20)5-4-8-16-15/h4-9H,10H2,1-3H3/p+1. The summed E-state index contributed by atoms with van der Waals surface area (Å²) in [5, 5.41) is 11.0. The van der Waals surface area contributed by atoms with E-state index < -0.39 is 0 Å². The van der Waals surface area contributed by atoms with Gasteiger partial charge in [-0.3, -0.25) is 15.0 Å². The van der Waals surface area contributed by atoms with Gasteiger partial charge in [0.2, 0.25) is 0 Å². The fraction of sp³-hybridized carbons (Fsp3) is 0.267. The average Bonchev–Trinajstić information content (AvgIpc) is 2.41. The summed E-state index contributed by atoms with van der Waals surface area (Å²) in [7, 11) is 1.85. The van der Waals surface area contributed by atoms with E-state index in [9.17, 15) is 10.1 Å². The van der Waals surface area contributed by atoms with Crippen molar-refractivity contribution in [2.45, 2.75) is 20.4 Å². The number of pyridine rings is 1. The van der Waals surface area contributed by atoms with Crippen molar-refractivity contribution in [3.05, 3.63) is 63.3 Å². The summed E-state index contributed by atoms with van der Waals surface area (Å²) in [6, 6.07) is 9.37. The Hall–Kier alpha value is -2.43. The molecule has 0 saturated carbocycles. The number of anilines is 1. The second-order valence-corrected chi connectivity index (χ2v) is 4.95. The molecule has 1 N–H and O–H groups in total. The number of nitro groups is 1. The van der Waals surface area contributed by atoms with Crippen molar-refractivity contribution in [3.8, 4) is 0 Å². The predicted octanol–water partition coefficient (Wildman–Crippen LogP) is 2.66. The van der Waals surface area contributed by atoms with Crippen molar-refractivity contribution >= 4 is 11.5 Å². The van der Waals surface area contributed by atoms with E-state index in [4.69, 9.17) is 0 Å². The minimum Gasteiger partial charge on any atom is -0.258 e. The van der Waals surface area contributed by atoms with Gasteiger partial charge in [0.25, 0.3) is 0 Å². The zero-order chi connectivity index (χ0) is 14.7. The van der Waals surface area contributed by atoms with E-state index in [0.717, 1.165) is 5.56 Å². The molecule has 0 aliphatic carbocycles. The average molecular weight is 272 g/mol. The molecule has 0 spiro atoms. The second-order valence-electron chi connectivity index (χ2n) is 4.95. The molecule has 0 bridgehead atoms. The Morgan fingerprint density at radius 3 is 2.70 bits per heavy atom. The molecule has 5 heteroatoms. The van der Waals surface area contributed by atoms with E-state index in [1.165, 1.54) is 17.2 Å². The van der Waals surface area contributed by atoms with Gasteiger partial charge in [-0.25, -0.2) is 4.98 Å². The smallest absolute Gasteiger partial charge is 0.258 e. The number of benzene rings is 1. The molecule has 2 rings (SSSR count). The minimum atomic E-state index is -0.371. The number of H-pyrrole nitrogens is 1. The van der Waals surface area contributed by atoms with E-state index in [1.54, 1.807) is 12.3 Å². The molecule has 2 aromatic rings. The molecule has 0 saturated heterocycles. The highest BCUT2D eigenvalue weighted by Gasteiger charge is 2.24. The SMILES string of the molecule is Cc1ccc(CN(C)c2[nH+]cccc2[N+](=O)[O-])c(C)c1. The number of nitrogens with one attached hydrogen (secondary N) is 1. The quantitative estimate of drug-likeness (QED) is 0.635. The lowest BCUT2D eigenvalue weighted by Gasteiger charge is -2.13. The Bertz CT molecular complexity index is 641. The summed E-state index contributed by atoms with van der Waals surface area (Å²) in [5.74, 6) is 0.512. The van der Waals surface area contributed by atoms with Gasteiger partial charge in [-0.15, -0.1) is 0 Å². The summed E-state index contributed by atoms with van der Waals surface area (Å²) in [6.07, 6.45) is 1.70. The number of hydrogen-bond acceptors (Lipinski definition) is 3. The van der Waals surface area contributed by atoms with Crippen LogP contribution < -0.4 is 9.88 Å². The van der Waals surface area contributed by atoms with Crippen LogP contribution in [0.3, 0.4) is 0 Å². The third kappa shape index (κ3) is 2.93. The number of aryl methyl sites for hydroxylation is 2. The molecule has 1 heterocycles. The van der Waals surface area contributed by atoms with Crippen molar-refractivity contribution in [3.63, 3.8) is 0 Å². The number of aromatic amines is 1. The first-order valence-corrected chi connectivity index (χ1v) is 6.41. The fourth-order valence-corrected chi connectivity index (χ4v) is 2.23. The topological polar surface area (TPSA) is 60.5 Å². The molecule has 5 nitrogen and oxygen atoms in total. The van der Waals surface area contributed by atoms with Crippen molar-refractivity contribution in [1.82, 2.24) is 0 Å². The first-order chi connectivity index (χ1) is 9.49. The van der Waals surface area contributed by atoms with Gasteiger partial charge in [-0.1, -0.05) is 23.8 Å². The van der Waals surface area contributed by atoms with Gasteiger partial charge in [-0.05, 0) is 31.0 Å². The Kier molecular flexibility index (Phi) is 3.98. The summed E-state index contributed by atoms with van der Waals surface area (Å²) in [5.41, 5.74) is 3.64. The van der Waals surface area contributed by atoms with Crippen molar-refractivity contribution in [2.75, 3.05) is 11.9 Å². The van der Waals surface area contributed by atoms with Gasteiger partial charge in [-0.2, -0.15) is 0 Å². The van der Waals surface area contributed by atoms with Crippen LogP contribution in [0.1, 0.15) is 16.7 Å². The molecule has 0 unspecified atom stereocenters. The summed E-state index contributed by atoms with van der Waals surface area (Å²) in [6.45, 7) is 4.73. The van der Waals surface area contributed by atoms with Gasteiger partial charge in [0.15, 0.2) is 0 Å².